The van der Waals surface area contributed by atoms with Gasteiger partial charge in [-0.2, -0.15) is 0 Å². The van der Waals surface area contributed by atoms with E-state index in [2.05, 4.69) is 17.2 Å². The van der Waals surface area contributed by atoms with E-state index in [4.69, 9.17) is 0 Å². The summed E-state index contributed by atoms with van der Waals surface area (Å²) in [6, 6.07) is 0.107. The van der Waals surface area contributed by atoms with Gasteiger partial charge in [0, 0.05) is 23.8 Å². The zero-order valence-electron chi connectivity index (χ0n) is 14.4. The molecular formula is C19H23N3O2S. The number of hydrogen-bond donors (Lipinski definition) is 1. The molecule has 132 valence electrons. The van der Waals surface area contributed by atoms with Crippen molar-refractivity contribution in [2.24, 2.45) is 23.2 Å². The van der Waals surface area contributed by atoms with Gasteiger partial charge in [-0.1, -0.05) is 0 Å². The zero-order valence-corrected chi connectivity index (χ0v) is 15.2. The van der Waals surface area contributed by atoms with Crippen molar-refractivity contribution in [3.8, 4) is 0 Å². The van der Waals surface area contributed by atoms with Crippen molar-refractivity contribution in [3.63, 3.8) is 0 Å². The van der Waals surface area contributed by atoms with E-state index in [9.17, 15) is 9.59 Å². The Morgan fingerprint density at radius 3 is 2.56 bits per heavy atom. The molecule has 2 aromatic rings. The van der Waals surface area contributed by atoms with E-state index < -0.39 is 0 Å². The average Bonchev–Trinajstić information content (AvgIpc) is 3.03. The lowest BCUT2D eigenvalue weighted by Crippen LogP contribution is -2.56. The summed E-state index contributed by atoms with van der Waals surface area (Å²) < 4.78 is 1.45. The predicted molar refractivity (Wildman–Crippen MR) is 96.9 cm³/mol. The number of nitrogens with one attached hydrogen (secondary N) is 1. The molecule has 1 amide bonds. The van der Waals surface area contributed by atoms with Crippen molar-refractivity contribution < 1.29 is 4.79 Å². The first-order chi connectivity index (χ1) is 12.0. The van der Waals surface area contributed by atoms with Crippen molar-refractivity contribution in [1.82, 2.24) is 14.7 Å². The second-order valence-corrected chi connectivity index (χ2v) is 9.38. The number of aromatic nitrogens is 2. The molecule has 6 heteroatoms. The van der Waals surface area contributed by atoms with E-state index in [0.29, 0.717) is 4.96 Å². The molecule has 0 aliphatic heterocycles. The minimum absolute atomic E-state index is 0.107. The maximum Gasteiger partial charge on any atom is 0.271 e. The molecule has 4 saturated carbocycles. The van der Waals surface area contributed by atoms with Crippen LogP contribution < -0.4 is 10.9 Å². The first kappa shape index (κ1) is 15.6. The highest BCUT2D eigenvalue weighted by Crippen LogP contribution is 2.61. The van der Waals surface area contributed by atoms with Crippen LogP contribution in [0.15, 0.2) is 22.6 Å². The highest BCUT2D eigenvalue weighted by Gasteiger charge is 2.53. The molecule has 0 radical (unpaired) electrons. The van der Waals surface area contributed by atoms with Crippen LogP contribution in [0.1, 0.15) is 55.8 Å². The molecule has 1 atom stereocenters. The SMILES string of the molecule is CC(NC(=O)c1cnc2sccn2c1=O)C12CC3CC(CC(C3)C1)C2. The van der Waals surface area contributed by atoms with E-state index in [1.807, 2.05) is 5.38 Å². The van der Waals surface area contributed by atoms with Crippen LogP contribution in [0.25, 0.3) is 4.96 Å². The number of carbonyl (C=O) groups is 1. The molecule has 4 fully saturated rings. The third-order valence-corrected chi connectivity index (χ3v) is 7.71. The number of amides is 1. The quantitative estimate of drug-likeness (QED) is 0.918. The summed E-state index contributed by atoms with van der Waals surface area (Å²) in [7, 11) is 0. The van der Waals surface area contributed by atoms with Gasteiger partial charge in [0.05, 0.1) is 0 Å². The van der Waals surface area contributed by atoms with Crippen LogP contribution >= 0.6 is 11.3 Å². The topological polar surface area (TPSA) is 63.5 Å². The Balaban J connectivity index is 1.40. The molecule has 0 saturated heterocycles. The molecule has 6 rings (SSSR count). The number of rotatable bonds is 3. The lowest BCUT2D eigenvalue weighted by molar-refractivity contribution is -0.0688. The third-order valence-electron chi connectivity index (χ3n) is 6.94. The first-order valence-corrected chi connectivity index (χ1v) is 10.2. The van der Waals surface area contributed by atoms with E-state index in [1.54, 1.807) is 6.20 Å². The van der Waals surface area contributed by atoms with Gasteiger partial charge in [-0.25, -0.2) is 4.98 Å². The van der Waals surface area contributed by atoms with Gasteiger partial charge < -0.3 is 5.32 Å². The molecule has 0 aromatic carbocycles. The summed E-state index contributed by atoms with van der Waals surface area (Å²) in [6.45, 7) is 2.14. The van der Waals surface area contributed by atoms with E-state index in [-0.39, 0.29) is 28.5 Å². The number of nitrogens with zero attached hydrogens (tertiary/aromatic N) is 2. The Kier molecular flexibility index (Phi) is 3.36. The van der Waals surface area contributed by atoms with Crippen LogP contribution in [-0.4, -0.2) is 21.3 Å². The molecule has 5 nitrogen and oxygen atoms in total. The normalized spacial score (nSPS) is 34.4. The van der Waals surface area contributed by atoms with Crippen molar-refractivity contribution in [2.75, 3.05) is 0 Å². The zero-order chi connectivity index (χ0) is 17.2. The van der Waals surface area contributed by atoms with Crippen molar-refractivity contribution in [3.05, 3.63) is 33.7 Å². The maximum absolute atomic E-state index is 12.8. The van der Waals surface area contributed by atoms with Gasteiger partial charge in [-0.05, 0) is 68.6 Å². The van der Waals surface area contributed by atoms with Gasteiger partial charge in [-0.15, -0.1) is 11.3 Å². The van der Waals surface area contributed by atoms with Crippen molar-refractivity contribution in [1.29, 1.82) is 0 Å². The maximum atomic E-state index is 12.8. The molecule has 25 heavy (non-hydrogen) atoms. The fraction of sp³-hybridized carbons (Fsp3) is 0.632. The van der Waals surface area contributed by atoms with E-state index in [0.717, 1.165) is 17.8 Å². The highest BCUT2D eigenvalue weighted by atomic mass is 32.1. The average molecular weight is 357 g/mol. The Morgan fingerprint density at radius 1 is 1.28 bits per heavy atom. The molecule has 4 aliphatic carbocycles. The van der Waals surface area contributed by atoms with Gasteiger partial charge in [0.15, 0.2) is 4.96 Å². The van der Waals surface area contributed by atoms with Crippen LogP contribution in [0, 0.1) is 23.2 Å². The Bertz CT molecular complexity index is 864. The lowest BCUT2D eigenvalue weighted by atomic mass is 9.48. The van der Waals surface area contributed by atoms with Crippen LogP contribution in [0.4, 0.5) is 0 Å². The van der Waals surface area contributed by atoms with Gasteiger partial charge in [0.2, 0.25) is 0 Å². The highest BCUT2D eigenvalue weighted by molar-refractivity contribution is 7.15. The second-order valence-electron chi connectivity index (χ2n) is 8.51. The summed E-state index contributed by atoms with van der Waals surface area (Å²) in [5.41, 5.74) is 0.106. The molecule has 4 aliphatic rings. The Morgan fingerprint density at radius 2 is 1.92 bits per heavy atom. The van der Waals surface area contributed by atoms with Gasteiger partial charge >= 0.3 is 0 Å². The van der Waals surface area contributed by atoms with Gasteiger partial charge in [-0.3, -0.25) is 14.0 Å². The number of thiazole rings is 1. The Labute approximate surface area is 150 Å². The van der Waals surface area contributed by atoms with Gasteiger partial charge in [0.25, 0.3) is 11.5 Å². The molecule has 0 spiro atoms. The van der Waals surface area contributed by atoms with Crippen molar-refractivity contribution in [2.45, 2.75) is 51.5 Å². The summed E-state index contributed by atoms with van der Waals surface area (Å²) in [5, 5.41) is 4.97. The second kappa shape index (κ2) is 5.40. The summed E-state index contributed by atoms with van der Waals surface area (Å²) in [5.74, 6) is 2.27. The lowest BCUT2D eigenvalue weighted by Gasteiger charge is -2.59. The van der Waals surface area contributed by atoms with Crippen molar-refractivity contribution >= 4 is 22.2 Å². The number of hydrogen-bond acceptors (Lipinski definition) is 4. The number of carbonyl (C=O) groups excluding carboxylic acids is 1. The molecule has 2 aromatic heterocycles. The standard InChI is InChI=1S/C19H23N3O2S/c1-11(19-7-12-4-13(8-19)6-14(5-12)9-19)21-16(23)15-10-20-18-22(17(15)24)2-3-25-18/h2-3,10-14H,4-9H2,1H3,(H,21,23). The smallest absolute Gasteiger partial charge is 0.271 e. The Hall–Kier alpha value is -1.69. The largest absolute Gasteiger partial charge is 0.349 e. The van der Waals surface area contributed by atoms with Gasteiger partial charge in [0.1, 0.15) is 5.56 Å². The molecule has 1 unspecified atom stereocenters. The minimum Gasteiger partial charge on any atom is -0.349 e. The fourth-order valence-electron chi connectivity index (χ4n) is 6.12. The molecule has 1 N–H and O–H groups in total. The molecular weight excluding hydrogens is 334 g/mol. The fourth-order valence-corrected chi connectivity index (χ4v) is 6.79. The predicted octanol–water partition coefficient (Wildman–Crippen LogP) is 3.09. The van der Waals surface area contributed by atoms with Crippen LogP contribution in [0.3, 0.4) is 0 Å². The van der Waals surface area contributed by atoms with Crippen LogP contribution in [0.2, 0.25) is 0 Å². The van der Waals surface area contributed by atoms with Crippen LogP contribution in [0.5, 0.6) is 0 Å². The first-order valence-electron chi connectivity index (χ1n) is 9.30. The monoisotopic (exact) mass is 357 g/mol. The van der Waals surface area contributed by atoms with E-state index in [1.165, 1.54) is 60.5 Å². The summed E-state index contributed by atoms with van der Waals surface area (Å²) in [6.07, 6.45) is 11.0. The third kappa shape index (κ3) is 2.37. The number of fused-ring (bicyclic) bond motifs is 1. The van der Waals surface area contributed by atoms with E-state index >= 15 is 0 Å². The molecule has 4 bridgehead atoms. The van der Waals surface area contributed by atoms with Crippen LogP contribution in [-0.2, 0) is 0 Å². The summed E-state index contributed by atoms with van der Waals surface area (Å²) in [4.78, 5) is 30.2. The minimum atomic E-state index is -0.277. The summed E-state index contributed by atoms with van der Waals surface area (Å²) >= 11 is 1.39. The molecule has 2 heterocycles.